The van der Waals surface area contributed by atoms with Crippen LogP contribution >= 0.6 is 34.9 Å². The minimum absolute atomic E-state index is 0.0189. The van der Waals surface area contributed by atoms with Gasteiger partial charge in [0.05, 0.1) is 5.56 Å². The summed E-state index contributed by atoms with van der Waals surface area (Å²) in [5.74, 6) is 2.54. The highest BCUT2D eigenvalue weighted by atomic mass is 32.2. The van der Waals surface area contributed by atoms with Crippen LogP contribution in [0.3, 0.4) is 0 Å². The van der Waals surface area contributed by atoms with Gasteiger partial charge in [-0.05, 0) is 36.2 Å². The smallest absolute Gasteiger partial charge is 0.384 e. The number of nitrogen functional groups attached to an aromatic ring is 3. The number of β-lactam (4-membered cyclic amide) rings is 1. The van der Waals surface area contributed by atoms with Gasteiger partial charge in [-0.25, -0.2) is 14.6 Å². The van der Waals surface area contributed by atoms with Crippen LogP contribution in [0.15, 0.2) is 33.2 Å². The maximum atomic E-state index is 13.1. The van der Waals surface area contributed by atoms with Crippen LogP contribution in [0.4, 0.5) is 10.9 Å². The number of carboxylic acids is 2. The highest BCUT2D eigenvalue weighted by Gasteiger charge is 2.54. The number of carboxylic acid groups (broad SMARTS) is 2. The summed E-state index contributed by atoms with van der Waals surface area (Å²) in [6.45, 7) is 2.97. The summed E-state index contributed by atoms with van der Waals surface area (Å²) in [5, 5.41) is 26.3. The molecule has 16 nitrogen and oxygen atoms in total. The average Bonchev–Trinajstić information content (AvgIpc) is 3.33. The van der Waals surface area contributed by atoms with E-state index in [1.54, 1.807) is 13.1 Å². The van der Waals surface area contributed by atoms with Crippen molar-refractivity contribution in [2.24, 2.45) is 5.16 Å². The molecule has 212 valence electrons. The third-order valence-electron chi connectivity index (χ3n) is 5.72. The van der Waals surface area contributed by atoms with E-state index in [4.69, 9.17) is 27.3 Å². The zero-order valence-electron chi connectivity index (χ0n) is 20.9. The molecular weight excluding hydrogens is 586 g/mol. The van der Waals surface area contributed by atoms with E-state index in [-0.39, 0.29) is 39.6 Å². The van der Waals surface area contributed by atoms with E-state index in [1.807, 2.05) is 0 Å². The molecule has 0 saturated carbocycles. The number of amides is 2. The van der Waals surface area contributed by atoms with E-state index in [2.05, 4.69) is 20.4 Å². The van der Waals surface area contributed by atoms with Gasteiger partial charge in [0, 0.05) is 16.9 Å². The first kappa shape index (κ1) is 28.9. The molecule has 1 saturated heterocycles. The van der Waals surface area contributed by atoms with Gasteiger partial charge in [0.25, 0.3) is 11.8 Å². The number of aliphatic carboxylic acids is 2. The SMILES string of the molecule is Cc1c[n+](N)c(SCC2=C(C(=O)O)N3C(=O)C(NC(=O)/C(=N\O[C@@H](C)C(=O)O)c4csc(N)n4)[C@H]3SC2)nc1N. The van der Waals surface area contributed by atoms with Gasteiger partial charge in [-0.1, -0.05) is 5.16 Å². The Balaban J connectivity index is 1.51. The average molecular weight is 611 g/mol. The Bertz CT molecular complexity index is 1460. The molecule has 0 spiro atoms. The zero-order valence-corrected chi connectivity index (χ0v) is 23.4. The van der Waals surface area contributed by atoms with Crippen LogP contribution in [-0.4, -0.2) is 83.6 Å². The standard InChI is InChI=1S/C21H23N9O7S3/c1-7-3-29(24)21(27-14(7)22)40-5-9-4-38-17-12(16(32)30(17)13(9)19(35)36)26-15(31)11(10-6-39-20(23)25-10)28-37-8(2)18(33)34/h3,6,8,12,17,22H,4-5,24H2,1-2H3,(H5,23,25,26,31,33,34,35,36)/p+1/b28-11-/t8-,12?,17+/m0/s1. The number of nitrogens with two attached hydrogens (primary N) is 3. The molecule has 2 aromatic rings. The minimum Gasteiger partial charge on any atom is -0.478 e. The van der Waals surface area contributed by atoms with E-state index in [0.717, 1.165) is 16.2 Å². The predicted molar refractivity (Wildman–Crippen MR) is 145 cm³/mol. The number of oxime groups is 1. The van der Waals surface area contributed by atoms with Crippen molar-refractivity contribution in [2.75, 3.05) is 28.8 Å². The summed E-state index contributed by atoms with van der Waals surface area (Å²) in [6.07, 6.45) is 0.230. The Morgan fingerprint density at radius 3 is 2.70 bits per heavy atom. The number of fused-ring (bicyclic) bond motifs is 1. The quantitative estimate of drug-likeness (QED) is 0.0349. The minimum atomic E-state index is -1.37. The van der Waals surface area contributed by atoms with Gasteiger partial charge in [-0.2, -0.15) is 0 Å². The molecule has 2 aliphatic heterocycles. The fourth-order valence-corrected chi connectivity index (χ4v) is 6.55. The number of hydrogen-bond acceptors (Lipinski definition) is 14. The van der Waals surface area contributed by atoms with Crippen molar-refractivity contribution in [1.29, 1.82) is 0 Å². The lowest BCUT2D eigenvalue weighted by atomic mass is 10.0. The largest absolute Gasteiger partial charge is 0.478 e. The van der Waals surface area contributed by atoms with Gasteiger partial charge in [-0.15, -0.1) is 27.8 Å². The van der Waals surface area contributed by atoms with E-state index in [9.17, 15) is 24.3 Å². The van der Waals surface area contributed by atoms with Crippen LogP contribution in [0.5, 0.6) is 0 Å². The lowest BCUT2D eigenvalue weighted by molar-refractivity contribution is -0.682. The predicted octanol–water partition coefficient (Wildman–Crippen LogP) is -1.26. The number of rotatable bonds is 10. The number of carbonyl (C=O) groups is 4. The molecule has 4 heterocycles. The molecule has 40 heavy (non-hydrogen) atoms. The summed E-state index contributed by atoms with van der Waals surface area (Å²) in [5.41, 5.74) is 12.1. The molecule has 19 heteroatoms. The summed E-state index contributed by atoms with van der Waals surface area (Å²) >= 11 is 3.45. The number of carbonyl (C=O) groups excluding carboxylic acids is 2. The fraction of sp³-hybridized carbons (Fsp3) is 0.333. The molecule has 0 aliphatic carbocycles. The molecule has 0 bridgehead atoms. The number of aromatic nitrogens is 3. The van der Waals surface area contributed by atoms with Crippen molar-refractivity contribution < 1.29 is 38.9 Å². The van der Waals surface area contributed by atoms with E-state index in [1.165, 1.54) is 40.5 Å². The van der Waals surface area contributed by atoms with Crippen LogP contribution in [-0.2, 0) is 24.0 Å². The second-order valence-electron chi connectivity index (χ2n) is 8.50. The second-order valence-corrected chi connectivity index (χ2v) is 11.4. The zero-order chi connectivity index (χ0) is 29.3. The number of nitrogens with one attached hydrogen (secondary N) is 1. The Morgan fingerprint density at radius 2 is 2.08 bits per heavy atom. The fourth-order valence-electron chi connectivity index (χ4n) is 3.62. The maximum absolute atomic E-state index is 13.1. The van der Waals surface area contributed by atoms with Gasteiger partial charge in [0.1, 0.15) is 29.0 Å². The third kappa shape index (κ3) is 5.75. The lowest BCUT2D eigenvalue weighted by Gasteiger charge is -2.49. The molecule has 1 fully saturated rings. The van der Waals surface area contributed by atoms with Crippen molar-refractivity contribution in [3.8, 4) is 0 Å². The number of nitrogens with zero attached hydrogens (tertiary/aromatic N) is 5. The van der Waals surface area contributed by atoms with Crippen LogP contribution in [0.2, 0.25) is 0 Å². The molecule has 3 atom stereocenters. The monoisotopic (exact) mass is 610 g/mol. The number of anilines is 2. The number of hydrogen-bond donors (Lipinski definition) is 6. The van der Waals surface area contributed by atoms with Gasteiger partial charge in [0.2, 0.25) is 11.9 Å². The van der Waals surface area contributed by atoms with Crippen molar-refractivity contribution in [3.63, 3.8) is 0 Å². The Kier molecular flexibility index (Phi) is 8.35. The van der Waals surface area contributed by atoms with Gasteiger partial charge >= 0.3 is 17.1 Å². The number of thiazole rings is 1. The first-order valence-electron chi connectivity index (χ1n) is 11.3. The normalized spacial score (nSPS) is 19.5. The maximum Gasteiger partial charge on any atom is 0.384 e. The van der Waals surface area contributed by atoms with Crippen LogP contribution in [0, 0.1) is 6.92 Å². The van der Waals surface area contributed by atoms with Crippen LogP contribution in [0.1, 0.15) is 18.2 Å². The first-order chi connectivity index (χ1) is 18.9. The molecule has 1 unspecified atom stereocenters. The molecular formula is C21H24N9O7S3+. The van der Waals surface area contributed by atoms with Crippen molar-refractivity contribution in [1.82, 2.24) is 20.2 Å². The number of thioether (sulfide) groups is 2. The topological polar surface area (TPSA) is 253 Å². The molecule has 0 aromatic carbocycles. The number of aryl methyl sites for hydroxylation is 1. The molecule has 2 amide bonds. The summed E-state index contributed by atoms with van der Waals surface area (Å²) in [7, 11) is 0. The van der Waals surface area contributed by atoms with Crippen LogP contribution < -0.4 is 27.3 Å². The van der Waals surface area contributed by atoms with Crippen LogP contribution in [0.25, 0.3) is 0 Å². The van der Waals surface area contributed by atoms with E-state index < -0.39 is 41.3 Å². The molecule has 0 radical (unpaired) electrons. The summed E-state index contributed by atoms with van der Waals surface area (Å²) in [6, 6.07) is -1.08. The van der Waals surface area contributed by atoms with Gasteiger partial charge in [0.15, 0.2) is 10.8 Å². The van der Waals surface area contributed by atoms with E-state index >= 15 is 0 Å². The first-order valence-corrected chi connectivity index (χ1v) is 14.3. The lowest BCUT2D eigenvalue weighted by Crippen LogP contribution is -2.71. The molecule has 4 rings (SSSR count). The highest BCUT2D eigenvalue weighted by molar-refractivity contribution is 8.01. The molecule has 9 N–H and O–H groups in total. The van der Waals surface area contributed by atoms with Gasteiger partial charge in [-0.3, -0.25) is 20.3 Å². The summed E-state index contributed by atoms with van der Waals surface area (Å²) < 4.78 is 1.28. The Morgan fingerprint density at radius 1 is 1.35 bits per heavy atom. The Hall–Kier alpha value is -4.10. The van der Waals surface area contributed by atoms with Gasteiger partial charge < -0.3 is 31.8 Å². The van der Waals surface area contributed by atoms with Crippen molar-refractivity contribution >= 4 is 75.3 Å². The van der Waals surface area contributed by atoms with Crippen molar-refractivity contribution in [3.05, 3.63) is 34.1 Å². The second kappa shape index (κ2) is 11.6. The summed E-state index contributed by atoms with van der Waals surface area (Å²) in [4.78, 5) is 63.7. The molecule has 2 aromatic heterocycles. The Labute approximate surface area is 238 Å². The highest BCUT2D eigenvalue weighted by Crippen LogP contribution is 2.41. The van der Waals surface area contributed by atoms with Crippen molar-refractivity contribution in [2.45, 2.75) is 36.5 Å². The molecule has 2 aliphatic rings. The van der Waals surface area contributed by atoms with E-state index in [0.29, 0.717) is 16.3 Å². The third-order valence-corrected chi connectivity index (χ3v) is 8.78.